The standard InChI is InChI=1S/C22H26N4OS/c1-17(2)27-22-21(23-28-24-22)26-15-13-25(14-16-26)20(18-9-5-3-6-10-18)19-11-7-4-8-12-19/h3-12,17,20H,13-16H2,1-2H3. The maximum absolute atomic E-state index is 5.83. The summed E-state index contributed by atoms with van der Waals surface area (Å²) in [7, 11) is 0. The van der Waals surface area contributed by atoms with Crippen molar-refractivity contribution in [1.29, 1.82) is 0 Å². The van der Waals surface area contributed by atoms with Crippen molar-refractivity contribution < 1.29 is 4.74 Å². The summed E-state index contributed by atoms with van der Waals surface area (Å²) in [6.45, 7) is 7.79. The number of hydrogen-bond acceptors (Lipinski definition) is 6. The second kappa shape index (κ2) is 8.71. The normalized spacial score (nSPS) is 15.4. The van der Waals surface area contributed by atoms with Crippen LogP contribution in [0, 0.1) is 0 Å². The van der Waals surface area contributed by atoms with Gasteiger partial charge in [0.2, 0.25) is 5.82 Å². The lowest BCUT2D eigenvalue weighted by atomic mass is 9.96. The van der Waals surface area contributed by atoms with Crippen LogP contribution in [0.1, 0.15) is 31.0 Å². The van der Waals surface area contributed by atoms with Crippen molar-refractivity contribution in [3.05, 3.63) is 71.8 Å². The Balaban J connectivity index is 1.52. The lowest BCUT2D eigenvalue weighted by Gasteiger charge is -2.40. The van der Waals surface area contributed by atoms with E-state index in [1.807, 2.05) is 13.8 Å². The van der Waals surface area contributed by atoms with E-state index in [9.17, 15) is 0 Å². The number of ether oxygens (including phenoxy) is 1. The number of hydrogen-bond donors (Lipinski definition) is 0. The van der Waals surface area contributed by atoms with Gasteiger partial charge in [0.1, 0.15) is 0 Å². The van der Waals surface area contributed by atoms with Crippen LogP contribution < -0.4 is 9.64 Å². The van der Waals surface area contributed by atoms with Crippen LogP contribution in [0.2, 0.25) is 0 Å². The van der Waals surface area contributed by atoms with Gasteiger partial charge in [-0.05, 0) is 25.0 Å². The van der Waals surface area contributed by atoms with Crippen LogP contribution in [0.5, 0.6) is 5.88 Å². The quantitative estimate of drug-likeness (QED) is 0.626. The molecule has 5 nitrogen and oxygen atoms in total. The lowest BCUT2D eigenvalue weighted by Crippen LogP contribution is -2.48. The minimum absolute atomic E-state index is 0.101. The third-order valence-electron chi connectivity index (χ3n) is 5.00. The highest BCUT2D eigenvalue weighted by atomic mass is 32.1. The second-order valence-electron chi connectivity index (χ2n) is 7.31. The summed E-state index contributed by atoms with van der Waals surface area (Å²) in [4.78, 5) is 4.86. The van der Waals surface area contributed by atoms with Gasteiger partial charge in [0.05, 0.1) is 23.9 Å². The molecule has 3 aromatic rings. The smallest absolute Gasteiger partial charge is 0.271 e. The molecule has 0 spiro atoms. The minimum Gasteiger partial charge on any atom is -0.472 e. The monoisotopic (exact) mass is 394 g/mol. The van der Waals surface area contributed by atoms with Crippen molar-refractivity contribution in [2.75, 3.05) is 31.1 Å². The molecule has 0 amide bonds. The summed E-state index contributed by atoms with van der Waals surface area (Å²) in [6.07, 6.45) is 0.101. The maximum atomic E-state index is 5.83. The highest BCUT2D eigenvalue weighted by Gasteiger charge is 2.28. The number of piperazine rings is 1. The maximum Gasteiger partial charge on any atom is 0.271 e. The average Bonchev–Trinajstić information content (AvgIpc) is 3.18. The van der Waals surface area contributed by atoms with Gasteiger partial charge >= 0.3 is 0 Å². The minimum atomic E-state index is 0.101. The molecule has 4 rings (SSSR count). The second-order valence-corrected chi connectivity index (χ2v) is 7.83. The van der Waals surface area contributed by atoms with E-state index in [0.717, 1.165) is 32.0 Å². The van der Waals surface area contributed by atoms with Gasteiger partial charge in [0.25, 0.3) is 5.88 Å². The van der Waals surface area contributed by atoms with E-state index in [2.05, 4.69) is 79.2 Å². The van der Waals surface area contributed by atoms with Crippen LogP contribution in [0.3, 0.4) is 0 Å². The molecule has 0 radical (unpaired) electrons. The molecule has 1 aromatic heterocycles. The van der Waals surface area contributed by atoms with Crippen LogP contribution in [0.4, 0.5) is 5.82 Å². The molecule has 1 fully saturated rings. The topological polar surface area (TPSA) is 41.5 Å². The van der Waals surface area contributed by atoms with Crippen molar-refractivity contribution in [3.63, 3.8) is 0 Å². The first-order valence-corrected chi connectivity index (χ1v) is 10.5. The Labute approximate surface area is 170 Å². The van der Waals surface area contributed by atoms with Gasteiger partial charge in [-0.3, -0.25) is 4.90 Å². The lowest BCUT2D eigenvalue weighted by molar-refractivity contribution is 0.208. The van der Waals surface area contributed by atoms with E-state index < -0.39 is 0 Å². The molecule has 0 atom stereocenters. The number of benzene rings is 2. The van der Waals surface area contributed by atoms with Gasteiger partial charge in [-0.15, -0.1) is 4.37 Å². The van der Waals surface area contributed by atoms with Crippen LogP contribution in [0.15, 0.2) is 60.7 Å². The zero-order chi connectivity index (χ0) is 19.3. The Morgan fingerprint density at radius 2 is 1.39 bits per heavy atom. The van der Waals surface area contributed by atoms with Gasteiger partial charge in [0, 0.05) is 26.2 Å². The number of nitrogens with zero attached hydrogens (tertiary/aromatic N) is 4. The molecular weight excluding hydrogens is 368 g/mol. The molecule has 0 aliphatic carbocycles. The van der Waals surface area contributed by atoms with Gasteiger partial charge in [-0.25, -0.2) is 0 Å². The molecule has 6 heteroatoms. The third-order valence-corrected chi connectivity index (χ3v) is 5.50. The van der Waals surface area contributed by atoms with Crippen molar-refractivity contribution >= 4 is 17.5 Å². The summed E-state index contributed by atoms with van der Waals surface area (Å²) in [5.41, 5.74) is 2.67. The molecular formula is C22H26N4OS. The zero-order valence-electron chi connectivity index (χ0n) is 16.4. The molecule has 0 saturated carbocycles. The van der Waals surface area contributed by atoms with Crippen LogP contribution in [0.25, 0.3) is 0 Å². The summed E-state index contributed by atoms with van der Waals surface area (Å²) in [5, 5.41) is 0. The molecule has 28 heavy (non-hydrogen) atoms. The molecule has 2 aromatic carbocycles. The van der Waals surface area contributed by atoms with Crippen molar-refractivity contribution in [2.45, 2.75) is 26.0 Å². The molecule has 1 aliphatic rings. The number of aromatic nitrogens is 2. The van der Waals surface area contributed by atoms with E-state index in [0.29, 0.717) is 5.88 Å². The molecule has 146 valence electrons. The van der Waals surface area contributed by atoms with Crippen molar-refractivity contribution in [2.24, 2.45) is 0 Å². The first-order chi connectivity index (χ1) is 13.7. The van der Waals surface area contributed by atoms with E-state index in [1.165, 1.54) is 22.9 Å². The molecule has 1 saturated heterocycles. The predicted molar refractivity (Wildman–Crippen MR) is 114 cm³/mol. The third kappa shape index (κ3) is 4.18. The molecule has 0 N–H and O–H groups in total. The summed E-state index contributed by atoms with van der Waals surface area (Å²) >= 11 is 1.22. The highest BCUT2D eigenvalue weighted by molar-refractivity contribution is 6.99. The van der Waals surface area contributed by atoms with Gasteiger partial charge in [0.15, 0.2) is 0 Å². The van der Waals surface area contributed by atoms with Crippen molar-refractivity contribution in [3.8, 4) is 5.88 Å². The Morgan fingerprint density at radius 1 is 0.821 bits per heavy atom. The summed E-state index contributed by atoms with van der Waals surface area (Å²) in [6, 6.07) is 21.8. The molecule has 2 heterocycles. The van der Waals surface area contributed by atoms with Gasteiger partial charge in [-0.1, -0.05) is 60.7 Å². The fourth-order valence-electron chi connectivity index (χ4n) is 3.74. The number of anilines is 1. The Bertz CT molecular complexity index is 821. The first kappa shape index (κ1) is 18.9. The van der Waals surface area contributed by atoms with Gasteiger partial charge in [-0.2, -0.15) is 4.37 Å². The Hall–Kier alpha value is -2.44. The Kier molecular flexibility index (Phi) is 5.88. The van der Waals surface area contributed by atoms with Gasteiger partial charge < -0.3 is 9.64 Å². The predicted octanol–water partition coefficient (Wildman–Crippen LogP) is 4.24. The average molecular weight is 395 g/mol. The molecule has 0 bridgehead atoms. The van der Waals surface area contributed by atoms with Crippen LogP contribution in [-0.2, 0) is 0 Å². The van der Waals surface area contributed by atoms with E-state index in [-0.39, 0.29) is 12.1 Å². The van der Waals surface area contributed by atoms with E-state index in [4.69, 9.17) is 4.74 Å². The first-order valence-electron chi connectivity index (χ1n) is 9.80. The highest BCUT2D eigenvalue weighted by Crippen LogP contribution is 2.32. The number of rotatable bonds is 6. The largest absolute Gasteiger partial charge is 0.472 e. The van der Waals surface area contributed by atoms with E-state index in [1.54, 1.807) is 0 Å². The zero-order valence-corrected chi connectivity index (χ0v) is 17.2. The van der Waals surface area contributed by atoms with Crippen LogP contribution in [-0.4, -0.2) is 45.9 Å². The molecule has 0 unspecified atom stereocenters. The summed E-state index contributed by atoms with van der Waals surface area (Å²) in [5.74, 6) is 1.55. The van der Waals surface area contributed by atoms with Crippen LogP contribution >= 0.6 is 11.7 Å². The fourth-order valence-corrected chi connectivity index (χ4v) is 4.25. The summed E-state index contributed by atoms with van der Waals surface area (Å²) < 4.78 is 14.7. The fraction of sp³-hybridized carbons (Fsp3) is 0.364. The van der Waals surface area contributed by atoms with E-state index >= 15 is 0 Å². The van der Waals surface area contributed by atoms with Crippen molar-refractivity contribution in [1.82, 2.24) is 13.6 Å². The molecule has 1 aliphatic heterocycles. The SMILES string of the molecule is CC(C)Oc1nsnc1N1CCN(C(c2ccccc2)c2ccccc2)CC1. The Morgan fingerprint density at radius 3 is 1.93 bits per heavy atom.